The zero-order valence-corrected chi connectivity index (χ0v) is 15.0. The maximum Gasteiger partial charge on any atom is 0.339 e. The molecule has 0 spiro atoms. The molecule has 5 heteroatoms. The van der Waals surface area contributed by atoms with Gasteiger partial charge in [-0.15, -0.1) is 0 Å². The summed E-state index contributed by atoms with van der Waals surface area (Å²) in [5.41, 5.74) is 3.07. The van der Waals surface area contributed by atoms with Crippen molar-refractivity contribution in [3.8, 4) is 0 Å². The van der Waals surface area contributed by atoms with Crippen molar-refractivity contribution in [1.29, 1.82) is 0 Å². The lowest BCUT2D eigenvalue weighted by Crippen LogP contribution is -2.46. The van der Waals surface area contributed by atoms with Gasteiger partial charge in [0.2, 0.25) is 0 Å². The molecule has 0 aliphatic carbocycles. The van der Waals surface area contributed by atoms with E-state index in [-0.39, 0.29) is 12.1 Å². The molecular weight excluding hydrogens is 326 g/mol. The third kappa shape index (κ3) is 3.94. The summed E-state index contributed by atoms with van der Waals surface area (Å²) in [6.07, 6.45) is 5.66. The van der Waals surface area contributed by atoms with Crippen LogP contribution in [0.2, 0.25) is 0 Å². The second kappa shape index (κ2) is 7.98. The first-order valence-electron chi connectivity index (χ1n) is 9.43. The number of benzene rings is 1. The number of cyclic esters (lactones) is 1. The molecule has 2 aliphatic heterocycles. The van der Waals surface area contributed by atoms with Gasteiger partial charge < -0.3 is 9.64 Å². The van der Waals surface area contributed by atoms with Gasteiger partial charge in [-0.1, -0.05) is 24.3 Å². The van der Waals surface area contributed by atoms with Gasteiger partial charge in [0.05, 0.1) is 5.56 Å². The molecule has 1 atom stereocenters. The predicted molar refractivity (Wildman–Crippen MR) is 99.8 cm³/mol. The number of piperazine rings is 1. The average Bonchev–Trinajstić information content (AvgIpc) is 3.00. The minimum absolute atomic E-state index is 0.0643. The summed E-state index contributed by atoms with van der Waals surface area (Å²) in [6, 6.07) is 11.9. The molecule has 26 heavy (non-hydrogen) atoms. The van der Waals surface area contributed by atoms with E-state index in [1.165, 1.54) is 5.56 Å². The highest BCUT2D eigenvalue weighted by Crippen LogP contribution is 2.33. The Hall–Kier alpha value is -2.24. The molecule has 2 aromatic rings. The largest absolute Gasteiger partial charge is 0.454 e. The summed E-state index contributed by atoms with van der Waals surface area (Å²) < 4.78 is 5.53. The number of hydrogen-bond donors (Lipinski definition) is 0. The van der Waals surface area contributed by atoms with Gasteiger partial charge in [0.15, 0.2) is 0 Å². The number of aromatic nitrogens is 1. The Morgan fingerprint density at radius 1 is 1.04 bits per heavy atom. The lowest BCUT2D eigenvalue weighted by molar-refractivity contribution is 0.0353. The van der Waals surface area contributed by atoms with E-state index >= 15 is 0 Å². The molecule has 1 aromatic carbocycles. The number of fused-ring (bicyclic) bond motifs is 1. The first-order chi connectivity index (χ1) is 12.8. The van der Waals surface area contributed by atoms with Gasteiger partial charge in [0.25, 0.3) is 0 Å². The second-order valence-corrected chi connectivity index (χ2v) is 7.10. The molecule has 1 fully saturated rings. The summed E-state index contributed by atoms with van der Waals surface area (Å²) in [4.78, 5) is 21.1. The predicted octanol–water partition coefficient (Wildman–Crippen LogP) is 2.89. The average molecular weight is 351 g/mol. The number of esters is 1. The molecule has 0 bridgehead atoms. The van der Waals surface area contributed by atoms with Crippen molar-refractivity contribution in [2.45, 2.75) is 25.5 Å². The quantitative estimate of drug-likeness (QED) is 0.749. The Balaban J connectivity index is 1.20. The fourth-order valence-corrected chi connectivity index (χ4v) is 3.86. The molecule has 1 saturated heterocycles. The van der Waals surface area contributed by atoms with Gasteiger partial charge in [-0.25, -0.2) is 4.79 Å². The first-order valence-corrected chi connectivity index (χ1v) is 9.43. The van der Waals surface area contributed by atoms with Gasteiger partial charge >= 0.3 is 5.97 Å². The molecular formula is C21H25N3O2. The summed E-state index contributed by atoms with van der Waals surface area (Å²) in [5.74, 6) is -0.172. The van der Waals surface area contributed by atoms with Crippen LogP contribution in [-0.4, -0.2) is 53.5 Å². The topological polar surface area (TPSA) is 45.7 Å². The summed E-state index contributed by atoms with van der Waals surface area (Å²) in [7, 11) is 0. The zero-order chi connectivity index (χ0) is 17.8. The number of rotatable bonds is 6. The normalized spacial score (nSPS) is 20.8. The second-order valence-electron chi connectivity index (χ2n) is 7.10. The van der Waals surface area contributed by atoms with E-state index in [1.807, 2.05) is 42.7 Å². The Kier molecular flexibility index (Phi) is 5.27. The van der Waals surface area contributed by atoms with E-state index in [0.717, 1.165) is 63.2 Å². The van der Waals surface area contributed by atoms with E-state index in [9.17, 15) is 4.79 Å². The number of ether oxygens (including phenoxy) is 1. The highest BCUT2D eigenvalue weighted by atomic mass is 16.5. The SMILES string of the molecule is O=C1OC(CCCN2CCN(Cc3cccnc3)CC2)c2ccccc21. The monoisotopic (exact) mass is 351 g/mol. The van der Waals surface area contributed by atoms with Crippen LogP contribution in [0.25, 0.3) is 0 Å². The highest BCUT2D eigenvalue weighted by molar-refractivity contribution is 5.93. The van der Waals surface area contributed by atoms with E-state index in [4.69, 9.17) is 4.74 Å². The number of carbonyl (C=O) groups is 1. The molecule has 4 rings (SSSR count). The molecule has 2 aliphatic rings. The highest BCUT2D eigenvalue weighted by Gasteiger charge is 2.30. The van der Waals surface area contributed by atoms with E-state index in [1.54, 1.807) is 0 Å². The van der Waals surface area contributed by atoms with Crippen LogP contribution in [0.15, 0.2) is 48.8 Å². The van der Waals surface area contributed by atoms with Gasteiger partial charge in [-0.2, -0.15) is 0 Å². The van der Waals surface area contributed by atoms with Crippen molar-refractivity contribution >= 4 is 5.97 Å². The van der Waals surface area contributed by atoms with Crippen LogP contribution in [0.1, 0.15) is 40.4 Å². The number of hydrogen-bond acceptors (Lipinski definition) is 5. The Bertz CT molecular complexity index is 742. The molecule has 1 unspecified atom stereocenters. The third-order valence-electron chi connectivity index (χ3n) is 5.31. The lowest BCUT2D eigenvalue weighted by atomic mass is 10.0. The standard InChI is InChI=1S/C21H25N3O2/c25-21-19-7-2-1-6-18(19)20(26-21)8-4-10-23-11-13-24(14-12-23)16-17-5-3-9-22-15-17/h1-3,5-7,9,15,20H,4,8,10-14,16H2. The molecule has 0 radical (unpaired) electrons. The third-order valence-corrected chi connectivity index (χ3v) is 5.31. The minimum atomic E-state index is -0.172. The van der Waals surface area contributed by atoms with Crippen molar-refractivity contribution in [1.82, 2.24) is 14.8 Å². The molecule has 0 amide bonds. The molecule has 3 heterocycles. The van der Waals surface area contributed by atoms with Crippen molar-refractivity contribution in [3.05, 3.63) is 65.5 Å². The molecule has 1 aromatic heterocycles. The molecule has 0 N–H and O–H groups in total. The van der Waals surface area contributed by atoms with Gasteiger partial charge in [-0.3, -0.25) is 9.88 Å². The Labute approximate surface area is 154 Å². The number of carbonyl (C=O) groups excluding carboxylic acids is 1. The van der Waals surface area contributed by atoms with Crippen molar-refractivity contribution in [2.75, 3.05) is 32.7 Å². The van der Waals surface area contributed by atoms with Crippen molar-refractivity contribution in [3.63, 3.8) is 0 Å². The first kappa shape index (κ1) is 17.2. The maximum absolute atomic E-state index is 11.9. The zero-order valence-electron chi connectivity index (χ0n) is 15.0. The van der Waals surface area contributed by atoms with Crippen molar-refractivity contribution in [2.24, 2.45) is 0 Å². The van der Waals surface area contributed by atoms with Crippen LogP contribution in [0.3, 0.4) is 0 Å². The van der Waals surface area contributed by atoms with E-state index < -0.39 is 0 Å². The van der Waals surface area contributed by atoms with Crippen molar-refractivity contribution < 1.29 is 9.53 Å². The van der Waals surface area contributed by atoms with Crippen LogP contribution < -0.4 is 0 Å². The summed E-state index contributed by atoms with van der Waals surface area (Å²) in [6.45, 7) is 6.43. The van der Waals surface area contributed by atoms with Crippen LogP contribution in [-0.2, 0) is 11.3 Å². The Morgan fingerprint density at radius 3 is 2.65 bits per heavy atom. The minimum Gasteiger partial charge on any atom is -0.454 e. The molecule has 5 nitrogen and oxygen atoms in total. The van der Waals surface area contributed by atoms with Crippen LogP contribution in [0, 0.1) is 0 Å². The maximum atomic E-state index is 11.9. The smallest absolute Gasteiger partial charge is 0.339 e. The summed E-state index contributed by atoms with van der Waals surface area (Å²) >= 11 is 0. The summed E-state index contributed by atoms with van der Waals surface area (Å²) in [5, 5.41) is 0. The van der Waals surface area contributed by atoms with Gasteiger partial charge in [-0.05, 0) is 37.1 Å². The Morgan fingerprint density at radius 2 is 1.85 bits per heavy atom. The number of pyridine rings is 1. The van der Waals surface area contributed by atoms with E-state index in [0.29, 0.717) is 0 Å². The van der Waals surface area contributed by atoms with E-state index in [2.05, 4.69) is 20.9 Å². The van der Waals surface area contributed by atoms with Crippen LogP contribution >= 0.6 is 0 Å². The van der Waals surface area contributed by atoms with Gasteiger partial charge in [0, 0.05) is 50.7 Å². The fourth-order valence-electron chi connectivity index (χ4n) is 3.86. The lowest BCUT2D eigenvalue weighted by Gasteiger charge is -2.34. The molecule has 0 saturated carbocycles. The number of nitrogens with zero attached hydrogens (tertiary/aromatic N) is 3. The van der Waals surface area contributed by atoms with Crippen LogP contribution in [0.4, 0.5) is 0 Å². The van der Waals surface area contributed by atoms with Crippen LogP contribution in [0.5, 0.6) is 0 Å². The molecule has 136 valence electrons. The fraction of sp³-hybridized carbons (Fsp3) is 0.429. The van der Waals surface area contributed by atoms with Gasteiger partial charge in [0.1, 0.15) is 6.10 Å².